The van der Waals surface area contributed by atoms with Crippen molar-refractivity contribution in [1.29, 1.82) is 0 Å². The van der Waals surface area contributed by atoms with Crippen LogP contribution in [0, 0.1) is 0 Å². The maximum absolute atomic E-state index is 5.99. The van der Waals surface area contributed by atoms with Gasteiger partial charge in [0, 0.05) is 37.8 Å². The van der Waals surface area contributed by atoms with Gasteiger partial charge in [0.2, 0.25) is 0 Å². The third-order valence-electron chi connectivity index (χ3n) is 7.92. The highest BCUT2D eigenvalue weighted by molar-refractivity contribution is 5.65. The van der Waals surface area contributed by atoms with E-state index in [4.69, 9.17) is 9.47 Å². The minimum atomic E-state index is 0.349. The lowest BCUT2D eigenvalue weighted by atomic mass is 9.83. The molecule has 2 aliphatic rings. The first-order valence-corrected chi connectivity index (χ1v) is 13.4. The normalized spacial score (nSPS) is 16.1. The van der Waals surface area contributed by atoms with E-state index in [9.17, 15) is 0 Å². The van der Waals surface area contributed by atoms with Gasteiger partial charge in [-0.2, -0.15) is 0 Å². The molecule has 0 aromatic heterocycles. The first kappa shape index (κ1) is 24.4. The summed E-state index contributed by atoms with van der Waals surface area (Å²) in [5, 5.41) is 7.23. The van der Waals surface area contributed by atoms with Gasteiger partial charge in [-0.05, 0) is 58.9 Å². The monoisotopic (exact) mass is 505 g/mol. The number of rotatable bonds is 8. The molecule has 0 bridgehead atoms. The second-order valence-electron chi connectivity index (χ2n) is 10.2. The van der Waals surface area contributed by atoms with Gasteiger partial charge in [0.1, 0.15) is 11.5 Å². The van der Waals surface area contributed by atoms with Gasteiger partial charge in [-0.25, -0.2) is 0 Å². The highest BCUT2D eigenvalue weighted by atomic mass is 16.5. The molecule has 2 heterocycles. The average Bonchev–Trinajstić information content (AvgIpc) is 2.98. The van der Waals surface area contributed by atoms with E-state index in [0.29, 0.717) is 6.04 Å². The Balaban J connectivity index is 1.26. The number of hydrogen-bond acceptors (Lipinski definition) is 5. The fourth-order valence-electron chi connectivity index (χ4n) is 5.92. The quantitative estimate of drug-likeness (QED) is 0.283. The predicted molar refractivity (Wildman–Crippen MR) is 154 cm³/mol. The van der Waals surface area contributed by atoms with E-state index in [-0.39, 0.29) is 0 Å². The van der Waals surface area contributed by atoms with E-state index >= 15 is 0 Å². The largest absolute Gasteiger partial charge is 0.495 e. The molecule has 38 heavy (non-hydrogen) atoms. The summed E-state index contributed by atoms with van der Waals surface area (Å²) >= 11 is 0. The average molecular weight is 506 g/mol. The van der Waals surface area contributed by atoms with Gasteiger partial charge in [-0.1, -0.05) is 66.7 Å². The van der Waals surface area contributed by atoms with E-state index in [0.717, 1.165) is 61.9 Å². The standard InChI is InChI=1S/C33H35N3O2/c1-37-32-18-26-15-16-36-22-28-25(13-14-29(33(28)38-2)34-20-23-9-5-3-6-10-23)17-31(36)27(26)19-30(32)35-21-24-11-7-4-8-12-24/h3-14,18-19,31,34-35H,15-17,20-22H2,1-2H3/t31-/m0/s1. The van der Waals surface area contributed by atoms with E-state index in [1.54, 1.807) is 14.2 Å². The van der Waals surface area contributed by atoms with Crippen LogP contribution in [0.2, 0.25) is 0 Å². The van der Waals surface area contributed by atoms with Crippen molar-refractivity contribution >= 4 is 11.4 Å². The fraction of sp³-hybridized carbons (Fsp3) is 0.273. The number of fused-ring (bicyclic) bond motifs is 4. The summed E-state index contributed by atoms with van der Waals surface area (Å²) in [7, 11) is 3.55. The molecular formula is C33H35N3O2. The lowest BCUT2D eigenvalue weighted by Crippen LogP contribution is -2.39. The minimum absolute atomic E-state index is 0.349. The fourth-order valence-corrected chi connectivity index (χ4v) is 5.92. The van der Waals surface area contributed by atoms with Crippen LogP contribution in [0.1, 0.15) is 39.4 Å². The molecule has 5 nitrogen and oxygen atoms in total. The van der Waals surface area contributed by atoms with Crippen molar-refractivity contribution in [2.75, 3.05) is 31.4 Å². The molecule has 0 fully saturated rings. The van der Waals surface area contributed by atoms with Crippen molar-refractivity contribution in [2.45, 2.75) is 38.5 Å². The summed E-state index contributed by atoms with van der Waals surface area (Å²) in [4.78, 5) is 2.61. The van der Waals surface area contributed by atoms with Crippen molar-refractivity contribution < 1.29 is 9.47 Å². The second-order valence-corrected chi connectivity index (χ2v) is 10.2. The Labute approximate surface area is 225 Å². The van der Waals surface area contributed by atoms with Crippen LogP contribution in [0.3, 0.4) is 0 Å². The van der Waals surface area contributed by atoms with Crippen molar-refractivity contribution in [2.24, 2.45) is 0 Å². The van der Waals surface area contributed by atoms with Gasteiger partial charge >= 0.3 is 0 Å². The van der Waals surface area contributed by atoms with Crippen LogP contribution >= 0.6 is 0 Å². The zero-order valence-corrected chi connectivity index (χ0v) is 22.2. The first-order valence-electron chi connectivity index (χ1n) is 13.4. The van der Waals surface area contributed by atoms with Crippen molar-refractivity contribution in [3.05, 3.63) is 118 Å². The molecule has 0 unspecified atom stereocenters. The lowest BCUT2D eigenvalue weighted by molar-refractivity contribution is 0.158. The first-order chi connectivity index (χ1) is 18.7. The van der Waals surface area contributed by atoms with Gasteiger partial charge in [-0.15, -0.1) is 0 Å². The summed E-state index contributed by atoms with van der Waals surface area (Å²) in [6, 6.07) is 30.4. The summed E-state index contributed by atoms with van der Waals surface area (Å²) in [5.41, 5.74) is 10.1. The maximum Gasteiger partial charge on any atom is 0.146 e. The van der Waals surface area contributed by atoms with Crippen LogP contribution in [-0.4, -0.2) is 25.7 Å². The maximum atomic E-state index is 5.99. The molecule has 194 valence electrons. The molecule has 4 aromatic rings. The van der Waals surface area contributed by atoms with Crippen molar-refractivity contribution in [3.63, 3.8) is 0 Å². The van der Waals surface area contributed by atoms with Crippen LogP contribution in [0.25, 0.3) is 0 Å². The Morgan fingerprint density at radius 2 is 1.45 bits per heavy atom. The highest BCUT2D eigenvalue weighted by Crippen LogP contribution is 2.45. The Kier molecular flexibility index (Phi) is 6.93. The molecule has 6 rings (SSSR count). The zero-order valence-electron chi connectivity index (χ0n) is 22.2. The van der Waals surface area contributed by atoms with Gasteiger partial charge < -0.3 is 20.1 Å². The molecule has 2 N–H and O–H groups in total. The number of anilines is 2. The van der Waals surface area contributed by atoms with E-state index < -0.39 is 0 Å². The summed E-state index contributed by atoms with van der Waals surface area (Å²) in [6.07, 6.45) is 1.99. The Bertz CT molecular complexity index is 1410. The molecule has 5 heteroatoms. The summed E-state index contributed by atoms with van der Waals surface area (Å²) in [6.45, 7) is 3.46. The molecule has 0 aliphatic carbocycles. The van der Waals surface area contributed by atoms with Crippen molar-refractivity contribution in [3.8, 4) is 11.5 Å². The molecule has 1 atom stereocenters. The summed E-state index contributed by atoms with van der Waals surface area (Å²) < 4.78 is 11.8. The van der Waals surface area contributed by atoms with E-state index in [2.05, 4.69) is 100 Å². The molecule has 0 saturated heterocycles. The number of benzene rings is 4. The third-order valence-corrected chi connectivity index (χ3v) is 7.92. The molecule has 0 spiro atoms. The topological polar surface area (TPSA) is 45.8 Å². The zero-order chi connectivity index (χ0) is 25.9. The van der Waals surface area contributed by atoms with Gasteiger partial charge in [-0.3, -0.25) is 4.90 Å². The van der Waals surface area contributed by atoms with Gasteiger partial charge in [0.15, 0.2) is 0 Å². The molecule has 0 amide bonds. The Morgan fingerprint density at radius 3 is 2.11 bits per heavy atom. The lowest BCUT2D eigenvalue weighted by Gasteiger charge is -2.42. The van der Waals surface area contributed by atoms with Crippen LogP contribution in [0.4, 0.5) is 11.4 Å². The van der Waals surface area contributed by atoms with Gasteiger partial charge in [0.05, 0.1) is 25.6 Å². The van der Waals surface area contributed by atoms with E-state index in [1.165, 1.54) is 33.4 Å². The Hall–Kier alpha value is -3.96. The van der Waals surface area contributed by atoms with Crippen LogP contribution < -0.4 is 20.1 Å². The number of nitrogens with one attached hydrogen (secondary N) is 2. The summed E-state index contributed by atoms with van der Waals surface area (Å²) in [5.74, 6) is 1.89. The predicted octanol–water partition coefficient (Wildman–Crippen LogP) is 6.58. The number of ether oxygens (including phenoxy) is 2. The smallest absolute Gasteiger partial charge is 0.146 e. The van der Waals surface area contributed by atoms with E-state index in [1.807, 2.05) is 0 Å². The number of hydrogen-bond donors (Lipinski definition) is 2. The van der Waals surface area contributed by atoms with Gasteiger partial charge in [0.25, 0.3) is 0 Å². The van der Waals surface area contributed by atoms with Crippen LogP contribution in [-0.2, 0) is 32.5 Å². The van der Waals surface area contributed by atoms with Crippen LogP contribution in [0.15, 0.2) is 84.9 Å². The van der Waals surface area contributed by atoms with Crippen molar-refractivity contribution in [1.82, 2.24) is 4.90 Å². The van der Waals surface area contributed by atoms with Crippen LogP contribution in [0.5, 0.6) is 11.5 Å². The highest BCUT2D eigenvalue weighted by Gasteiger charge is 2.34. The Morgan fingerprint density at radius 1 is 0.763 bits per heavy atom. The molecule has 2 aliphatic heterocycles. The number of methoxy groups -OCH3 is 2. The molecule has 0 saturated carbocycles. The number of nitrogens with zero attached hydrogens (tertiary/aromatic N) is 1. The molecular weight excluding hydrogens is 470 g/mol. The second kappa shape index (κ2) is 10.8. The molecule has 4 aromatic carbocycles. The minimum Gasteiger partial charge on any atom is -0.495 e. The SMILES string of the molecule is COc1cc2c(cc1NCc1ccccc1)[C@@H]1Cc3ccc(NCc4ccccc4)c(OC)c3CN1CC2. The molecule has 0 radical (unpaired) electrons. The third kappa shape index (κ3) is 4.82.